The molecule has 2 aromatic rings. The van der Waals surface area contributed by atoms with E-state index >= 15 is 0 Å². The first kappa shape index (κ1) is 17.3. The van der Waals surface area contributed by atoms with Gasteiger partial charge in [0, 0.05) is 43.8 Å². The second kappa shape index (κ2) is 7.66. The fraction of sp³-hybridized carbons (Fsp3) is 0.500. The zero-order chi connectivity index (χ0) is 17.9. The molecule has 1 fully saturated rings. The lowest BCUT2D eigenvalue weighted by molar-refractivity contribution is 0.192. The van der Waals surface area contributed by atoms with Crippen LogP contribution in [0.1, 0.15) is 35.8 Å². The Hall–Kier alpha value is -2.08. The average molecular weight is 371 g/mol. The third-order valence-corrected chi connectivity index (χ3v) is 6.48. The fourth-order valence-corrected chi connectivity index (χ4v) is 4.55. The topological polar surface area (TPSA) is 48.5 Å². The summed E-state index contributed by atoms with van der Waals surface area (Å²) in [7, 11) is 0. The number of anilines is 1. The van der Waals surface area contributed by atoms with Crippen molar-refractivity contribution in [3.63, 3.8) is 0 Å². The predicted octanol–water partition coefficient (Wildman–Crippen LogP) is 3.65. The highest BCUT2D eigenvalue weighted by Gasteiger charge is 2.21. The highest BCUT2D eigenvalue weighted by atomic mass is 32.1. The highest BCUT2D eigenvalue weighted by Crippen LogP contribution is 2.24. The van der Waals surface area contributed by atoms with Gasteiger partial charge in [-0.25, -0.2) is 9.78 Å². The van der Waals surface area contributed by atoms with Gasteiger partial charge in [-0.2, -0.15) is 0 Å². The number of rotatable bonds is 3. The summed E-state index contributed by atoms with van der Waals surface area (Å²) < 4.78 is 0. The largest absolute Gasteiger partial charge is 0.357 e. The Morgan fingerprint density at radius 3 is 2.88 bits per heavy atom. The van der Waals surface area contributed by atoms with Crippen LogP contribution in [0.2, 0.25) is 0 Å². The van der Waals surface area contributed by atoms with Gasteiger partial charge in [-0.05, 0) is 53.8 Å². The summed E-state index contributed by atoms with van der Waals surface area (Å²) in [6, 6.07) is 6.30. The summed E-state index contributed by atoms with van der Waals surface area (Å²) in [6.45, 7) is 6.53. The molecule has 0 radical (unpaired) electrons. The van der Waals surface area contributed by atoms with Crippen molar-refractivity contribution in [2.24, 2.45) is 5.92 Å². The molecule has 0 aliphatic carbocycles. The first-order chi connectivity index (χ1) is 12.7. The van der Waals surface area contributed by atoms with Gasteiger partial charge >= 0.3 is 6.03 Å². The average Bonchev–Trinajstić information content (AvgIpc) is 3.15. The number of aromatic nitrogens is 1. The maximum Gasteiger partial charge on any atom is 0.317 e. The van der Waals surface area contributed by atoms with Crippen LogP contribution in [0.5, 0.6) is 0 Å². The molecule has 1 N–H and O–H groups in total. The van der Waals surface area contributed by atoms with Crippen LogP contribution in [0.4, 0.5) is 10.6 Å². The third kappa shape index (κ3) is 3.85. The molecule has 6 heteroatoms. The van der Waals surface area contributed by atoms with Gasteiger partial charge in [0.2, 0.25) is 0 Å². The number of piperidine rings is 1. The number of pyridine rings is 1. The number of hydrogen-bond acceptors (Lipinski definition) is 4. The van der Waals surface area contributed by atoms with E-state index in [1.54, 1.807) is 11.3 Å². The summed E-state index contributed by atoms with van der Waals surface area (Å²) in [5.74, 6) is 1.87. The van der Waals surface area contributed by atoms with E-state index in [1.807, 2.05) is 11.1 Å². The van der Waals surface area contributed by atoms with Crippen LogP contribution in [0.3, 0.4) is 0 Å². The van der Waals surface area contributed by atoms with E-state index in [4.69, 9.17) is 0 Å². The second-order valence-electron chi connectivity index (χ2n) is 7.39. The van der Waals surface area contributed by atoms with Crippen molar-refractivity contribution in [3.05, 3.63) is 45.8 Å². The number of urea groups is 1. The van der Waals surface area contributed by atoms with E-state index in [2.05, 4.69) is 45.7 Å². The first-order valence-corrected chi connectivity index (χ1v) is 10.3. The van der Waals surface area contributed by atoms with Gasteiger partial charge in [-0.15, -0.1) is 11.3 Å². The lowest BCUT2D eigenvalue weighted by atomic mass is 9.99. The smallest absolute Gasteiger partial charge is 0.317 e. The van der Waals surface area contributed by atoms with E-state index < -0.39 is 0 Å². The molecular weight excluding hydrogens is 344 g/mol. The molecule has 1 saturated heterocycles. The van der Waals surface area contributed by atoms with Crippen molar-refractivity contribution in [1.29, 1.82) is 0 Å². The number of carbonyl (C=O) groups excluding carboxylic acids is 1. The number of amides is 2. The minimum Gasteiger partial charge on any atom is -0.357 e. The Labute approximate surface area is 159 Å². The number of nitrogens with zero attached hydrogens (tertiary/aromatic N) is 3. The molecule has 4 heterocycles. The molecule has 2 amide bonds. The molecule has 0 aromatic carbocycles. The van der Waals surface area contributed by atoms with Crippen LogP contribution in [-0.2, 0) is 19.5 Å². The molecule has 4 rings (SSSR count). The van der Waals surface area contributed by atoms with Crippen molar-refractivity contribution < 1.29 is 4.79 Å². The second-order valence-corrected chi connectivity index (χ2v) is 8.39. The van der Waals surface area contributed by atoms with E-state index in [-0.39, 0.29) is 6.03 Å². The molecule has 0 spiro atoms. The number of nitrogens with one attached hydrogen (secondary N) is 1. The normalized spacial score (nSPS) is 17.9. The van der Waals surface area contributed by atoms with Gasteiger partial charge in [-0.1, -0.05) is 13.0 Å². The van der Waals surface area contributed by atoms with E-state index in [0.717, 1.165) is 49.9 Å². The molecule has 138 valence electrons. The van der Waals surface area contributed by atoms with Crippen LogP contribution in [0.25, 0.3) is 0 Å². The summed E-state index contributed by atoms with van der Waals surface area (Å²) in [6.07, 6.45) is 5.33. The summed E-state index contributed by atoms with van der Waals surface area (Å²) in [4.78, 5) is 22.7. The Morgan fingerprint density at radius 2 is 2.12 bits per heavy atom. The highest BCUT2D eigenvalue weighted by molar-refractivity contribution is 7.10. The van der Waals surface area contributed by atoms with Crippen LogP contribution in [0, 0.1) is 5.92 Å². The SMILES string of the molecule is CC1CCN(c2ccc(CNC(=O)N3CCc4sccc4C3)cn2)CC1. The Kier molecular flexibility index (Phi) is 5.11. The zero-order valence-electron chi connectivity index (χ0n) is 15.3. The van der Waals surface area contributed by atoms with Crippen molar-refractivity contribution in [3.8, 4) is 0 Å². The van der Waals surface area contributed by atoms with Crippen LogP contribution >= 0.6 is 11.3 Å². The molecule has 0 unspecified atom stereocenters. The van der Waals surface area contributed by atoms with Gasteiger partial charge in [0.05, 0.1) is 0 Å². The van der Waals surface area contributed by atoms with E-state index in [1.165, 1.54) is 23.3 Å². The van der Waals surface area contributed by atoms with Gasteiger partial charge in [-0.3, -0.25) is 0 Å². The van der Waals surface area contributed by atoms with Crippen molar-refractivity contribution in [1.82, 2.24) is 15.2 Å². The van der Waals surface area contributed by atoms with E-state index in [0.29, 0.717) is 6.54 Å². The van der Waals surface area contributed by atoms with Gasteiger partial charge in [0.25, 0.3) is 0 Å². The number of thiophene rings is 1. The van der Waals surface area contributed by atoms with Crippen molar-refractivity contribution in [2.45, 2.75) is 39.3 Å². The monoisotopic (exact) mass is 370 g/mol. The lowest BCUT2D eigenvalue weighted by Gasteiger charge is -2.31. The van der Waals surface area contributed by atoms with E-state index in [9.17, 15) is 4.79 Å². The molecule has 0 atom stereocenters. The Bertz CT molecular complexity index is 749. The van der Waals surface area contributed by atoms with Gasteiger partial charge in [0.1, 0.15) is 5.82 Å². The fourth-order valence-electron chi connectivity index (χ4n) is 3.66. The standard InChI is InChI=1S/C20H26N4OS/c1-15-4-8-23(9-5-15)19-3-2-16(12-21-19)13-22-20(25)24-10-6-18-17(14-24)7-11-26-18/h2-3,7,11-12,15H,4-6,8-10,13-14H2,1H3,(H,22,25). The van der Waals surface area contributed by atoms with Crippen LogP contribution in [0.15, 0.2) is 29.8 Å². The van der Waals surface area contributed by atoms with Gasteiger partial charge in [0.15, 0.2) is 0 Å². The molecule has 0 bridgehead atoms. The van der Waals surface area contributed by atoms with Crippen molar-refractivity contribution >= 4 is 23.2 Å². The number of fused-ring (bicyclic) bond motifs is 1. The van der Waals surface area contributed by atoms with Crippen molar-refractivity contribution in [2.75, 3.05) is 24.5 Å². The molecular formula is C20H26N4OS. The summed E-state index contributed by atoms with van der Waals surface area (Å²) in [5, 5.41) is 5.15. The maximum atomic E-state index is 12.4. The first-order valence-electron chi connectivity index (χ1n) is 9.47. The number of hydrogen-bond donors (Lipinski definition) is 1. The molecule has 26 heavy (non-hydrogen) atoms. The Balaban J connectivity index is 1.29. The zero-order valence-corrected chi connectivity index (χ0v) is 16.1. The third-order valence-electron chi connectivity index (χ3n) is 5.46. The van der Waals surface area contributed by atoms with Crippen LogP contribution in [-0.4, -0.2) is 35.5 Å². The Morgan fingerprint density at radius 1 is 1.27 bits per heavy atom. The molecule has 2 aliphatic heterocycles. The van der Waals surface area contributed by atoms with Gasteiger partial charge < -0.3 is 15.1 Å². The minimum atomic E-state index is 0.0101. The minimum absolute atomic E-state index is 0.0101. The lowest BCUT2D eigenvalue weighted by Crippen LogP contribution is -2.42. The maximum absolute atomic E-state index is 12.4. The van der Waals surface area contributed by atoms with Crippen LogP contribution < -0.4 is 10.2 Å². The summed E-state index contributed by atoms with van der Waals surface area (Å²) in [5.41, 5.74) is 2.33. The summed E-state index contributed by atoms with van der Waals surface area (Å²) >= 11 is 1.79. The molecule has 5 nitrogen and oxygen atoms in total. The molecule has 2 aromatic heterocycles. The quantitative estimate of drug-likeness (QED) is 0.897. The number of carbonyl (C=O) groups is 1. The predicted molar refractivity (Wildman–Crippen MR) is 106 cm³/mol. The molecule has 2 aliphatic rings. The molecule has 0 saturated carbocycles.